The van der Waals surface area contributed by atoms with Crippen molar-refractivity contribution in [2.45, 2.75) is 11.9 Å². The van der Waals surface area contributed by atoms with Crippen molar-refractivity contribution in [1.29, 1.82) is 0 Å². The van der Waals surface area contributed by atoms with Crippen LogP contribution in [-0.2, 0) is 0 Å². The second-order valence-corrected chi connectivity index (χ2v) is 1.74. The van der Waals surface area contributed by atoms with Crippen LogP contribution in [0.1, 0.15) is 6.42 Å². The van der Waals surface area contributed by atoms with Gasteiger partial charge in [-0.2, -0.15) is 0 Å². The van der Waals surface area contributed by atoms with Crippen molar-refractivity contribution >= 4 is 11.6 Å². The highest BCUT2D eigenvalue weighted by atomic mass is 35.5. The molecule has 0 amide bonds. The fraction of sp³-hybridized carbons (Fsp3) is 1.00. The lowest BCUT2D eigenvalue weighted by Gasteiger charge is -2.19. The van der Waals surface area contributed by atoms with E-state index >= 15 is 0 Å². The quantitative estimate of drug-likeness (QED) is 0.339. The van der Waals surface area contributed by atoms with E-state index in [1.54, 1.807) is 0 Å². The number of rotatable bonds is 0. The van der Waals surface area contributed by atoms with Gasteiger partial charge in [-0.25, -0.2) is 0 Å². The van der Waals surface area contributed by atoms with Gasteiger partial charge in [-0.05, 0) is 13.0 Å². The highest BCUT2D eigenvalue weighted by molar-refractivity contribution is 6.20. The predicted molar refractivity (Wildman–Crippen MR) is 22.3 cm³/mol. The summed E-state index contributed by atoms with van der Waals surface area (Å²) in [6, 6.07) is 0. The smallest absolute Gasteiger partial charge is 0.0837 e. The van der Waals surface area contributed by atoms with E-state index in [1.807, 2.05) is 0 Å². The molecule has 1 rings (SSSR count). The largest absolute Gasteiger partial charge is 0.301 e. The van der Waals surface area contributed by atoms with Crippen molar-refractivity contribution in [2.75, 3.05) is 6.54 Å². The molecule has 1 saturated heterocycles. The maximum Gasteiger partial charge on any atom is 0.0837 e. The third kappa shape index (κ3) is 0.551. The molecule has 1 aliphatic rings. The molecule has 0 radical (unpaired) electrons. The molecule has 0 bridgehead atoms. The zero-order valence-corrected chi connectivity index (χ0v) is 3.63. The Hall–Kier alpha value is 0.250. The molecule has 0 saturated carbocycles. The average molecular weight is 91.5 g/mol. The molecule has 1 aliphatic heterocycles. The van der Waals surface area contributed by atoms with Gasteiger partial charge in [0.15, 0.2) is 0 Å². The Morgan fingerprint density at radius 2 is 2.20 bits per heavy atom. The van der Waals surface area contributed by atoms with Gasteiger partial charge in [0.25, 0.3) is 0 Å². The fourth-order valence-corrected chi connectivity index (χ4v) is 0.472. The van der Waals surface area contributed by atoms with E-state index in [0.717, 1.165) is 13.0 Å². The number of alkyl halides is 1. The van der Waals surface area contributed by atoms with Crippen molar-refractivity contribution in [2.24, 2.45) is 0 Å². The minimum atomic E-state index is 0.287. The molecule has 2 heteroatoms. The van der Waals surface area contributed by atoms with Gasteiger partial charge < -0.3 is 5.32 Å². The van der Waals surface area contributed by atoms with Gasteiger partial charge in [-0.3, -0.25) is 0 Å². The van der Waals surface area contributed by atoms with Crippen LogP contribution >= 0.6 is 11.6 Å². The minimum Gasteiger partial charge on any atom is -0.301 e. The van der Waals surface area contributed by atoms with Crippen LogP contribution in [0.4, 0.5) is 0 Å². The van der Waals surface area contributed by atoms with Crippen LogP contribution in [0.25, 0.3) is 0 Å². The van der Waals surface area contributed by atoms with Crippen LogP contribution in [0.3, 0.4) is 0 Å². The maximum atomic E-state index is 5.44. The predicted octanol–water partition coefficient (Wildman–Crippen LogP) is 0.545. The van der Waals surface area contributed by atoms with E-state index in [9.17, 15) is 0 Å². The van der Waals surface area contributed by atoms with Gasteiger partial charge >= 0.3 is 0 Å². The highest BCUT2D eigenvalue weighted by Crippen LogP contribution is 2.03. The number of nitrogens with one attached hydrogen (secondary N) is 1. The summed E-state index contributed by atoms with van der Waals surface area (Å²) in [6.45, 7) is 1.11. The highest BCUT2D eigenvalue weighted by Gasteiger charge is 2.10. The SMILES string of the molecule is ClC1CCN1. The monoisotopic (exact) mass is 91.0 g/mol. The Bertz CT molecular complexity index is 33.9. The number of hydrogen-bond donors (Lipinski definition) is 1. The van der Waals surface area contributed by atoms with E-state index in [2.05, 4.69) is 5.32 Å². The first-order valence-corrected chi connectivity index (χ1v) is 2.21. The molecule has 1 fully saturated rings. The lowest BCUT2D eigenvalue weighted by Crippen LogP contribution is -2.37. The third-order valence-electron chi connectivity index (χ3n) is 0.764. The zero-order chi connectivity index (χ0) is 3.70. The third-order valence-corrected chi connectivity index (χ3v) is 1.14. The van der Waals surface area contributed by atoms with Crippen molar-refractivity contribution < 1.29 is 0 Å². The maximum absolute atomic E-state index is 5.44. The van der Waals surface area contributed by atoms with Crippen LogP contribution in [-0.4, -0.2) is 12.0 Å². The van der Waals surface area contributed by atoms with E-state index in [1.165, 1.54) is 0 Å². The second-order valence-electron chi connectivity index (χ2n) is 1.21. The normalized spacial score (nSPS) is 36.6. The summed E-state index contributed by atoms with van der Waals surface area (Å²) in [5.41, 5.74) is 0.287. The number of hydrogen-bond acceptors (Lipinski definition) is 1. The van der Waals surface area contributed by atoms with E-state index in [0.29, 0.717) is 0 Å². The molecule has 0 aliphatic carbocycles. The fourth-order valence-electron chi connectivity index (χ4n) is 0.253. The molecule has 0 spiro atoms. The van der Waals surface area contributed by atoms with Crippen molar-refractivity contribution in [3.8, 4) is 0 Å². The van der Waals surface area contributed by atoms with Gasteiger partial charge in [0.05, 0.1) is 5.50 Å². The molecule has 0 aromatic rings. The molecular formula is C3H6ClN. The van der Waals surface area contributed by atoms with Crippen LogP contribution in [0.15, 0.2) is 0 Å². The Morgan fingerprint density at radius 1 is 1.80 bits per heavy atom. The average Bonchev–Trinajstić information content (AvgIpc) is 1.30. The lowest BCUT2D eigenvalue weighted by atomic mass is 10.3. The Morgan fingerprint density at radius 3 is 2.20 bits per heavy atom. The summed E-state index contributed by atoms with van der Waals surface area (Å²) in [4.78, 5) is 0. The number of halogens is 1. The summed E-state index contributed by atoms with van der Waals surface area (Å²) >= 11 is 5.44. The second kappa shape index (κ2) is 1.15. The molecule has 1 unspecified atom stereocenters. The molecule has 5 heavy (non-hydrogen) atoms. The van der Waals surface area contributed by atoms with Gasteiger partial charge in [-0.15, -0.1) is 11.6 Å². The van der Waals surface area contributed by atoms with E-state index in [4.69, 9.17) is 11.6 Å². The summed E-state index contributed by atoms with van der Waals surface area (Å²) in [7, 11) is 0. The molecule has 0 aromatic carbocycles. The molecule has 1 atom stereocenters. The molecule has 1 heterocycles. The Kier molecular flexibility index (Phi) is 0.791. The van der Waals surface area contributed by atoms with Crippen molar-refractivity contribution in [1.82, 2.24) is 5.32 Å². The first kappa shape index (κ1) is 3.44. The van der Waals surface area contributed by atoms with Gasteiger partial charge in [0.1, 0.15) is 0 Å². The summed E-state index contributed by atoms with van der Waals surface area (Å²) < 4.78 is 0. The zero-order valence-electron chi connectivity index (χ0n) is 2.87. The lowest BCUT2D eigenvalue weighted by molar-refractivity contribution is 0.478. The first-order valence-electron chi connectivity index (χ1n) is 1.77. The molecule has 0 aromatic heterocycles. The standard InChI is InChI=1S/C3H6ClN/c4-3-1-2-5-3/h3,5H,1-2H2. The Labute approximate surface area is 36.3 Å². The molecule has 1 nitrogen and oxygen atoms in total. The topological polar surface area (TPSA) is 12.0 Å². The van der Waals surface area contributed by atoms with Crippen LogP contribution in [0, 0.1) is 0 Å². The van der Waals surface area contributed by atoms with Crippen molar-refractivity contribution in [3.63, 3.8) is 0 Å². The van der Waals surface area contributed by atoms with Crippen LogP contribution < -0.4 is 5.32 Å². The van der Waals surface area contributed by atoms with Crippen LogP contribution in [0.5, 0.6) is 0 Å². The first-order chi connectivity index (χ1) is 2.39. The van der Waals surface area contributed by atoms with Crippen LogP contribution in [0.2, 0.25) is 0 Å². The minimum absolute atomic E-state index is 0.287. The van der Waals surface area contributed by atoms with Gasteiger partial charge in [0.2, 0.25) is 0 Å². The molecule has 30 valence electrons. The Balaban J connectivity index is 2.08. The molecule has 1 N–H and O–H groups in total. The molecular weight excluding hydrogens is 85.5 g/mol. The summed E-state index contributed by atoms with van der Waals surface area (Å²) in [5, 5.41) is 2.97. The summed E-state index contributed by atoms with van der Waals surface area (Å²) in [5.74, 6) is 0. The summed E-state index contributed by atoms with van der Waals surface area (Å²) in [6.07, 6.45) is 1.14. The van der Waals surface area contributed by atoms with E-state index < -0.39 is 0 Å². The van der Waals surface area contributed by atoms with E-state index in [-0.39, 0.29) is 5.50 Å². The van der Waals surface area contributed by atoms with Gasteiger partial charge in [0, 0.05) is 0 Å². The van der Waals surface area contributed by atoms with Crippen molar-refractivity contribution in [3.05, 3.63) is 0 Å². The van der Waals surface area contributed by atoms with Gasteiger partial charge in [-0.1, -0.05) is 0 Å².